The van der Waals surface area contributed by atoms with E-state index < -0.39 is 0 Å². The Hall–Kier alpha value is -2.92. The maximum absolute atomic E-state index is 12.6. The number of unbranched alkanes of at least 4 members (excludes halogenated alkanes) is 3. The molecule has 2 aromatic carbocycles. The number of hydroxylamine groups is 1. The van der Waals surface area contributed by atoms with E-state index in [4.69, 9.17) is 5.21 Å². The van der Waals surface area contributed by atoms with Crippen LogP contribution in [0.15, 0.2) is 48.5 Å². The highest BCUT2D eigenvalue weighted by Crippen LogP contribution is 2.32. The monoisotopic (exact) mass is 378 g/mol. The molecule has 28 heavy (non-hydrogen) atoms. The molecule has 2 aromatic rings. The van der Waals surface area contributed by atoms with Crippen LogP contribution in [0.2, 0.25) is 0 Å². The van der Waals surface area contributed by atoms with Crippen LogP contribution in [-0.2, 0) is 9.59 Å². The number of fused-ring (bicyclic) bond motifs is 2. The van der Waals surface area contributed by atoms with Gasteiger partial charge in [-0.3, -0.25) is 14.8 Å². The molecule has 1 aliphatic rings. The summed E-state index contributed by atoms with van der Waals surface area (Å²) in [7, 11) is 0. The van der Waals surface area contributed by atoms with Crippen molar-refractivity contribution in [3.05, 3.63) is 70.8 Å². The molecular formula is C23H26N2O3. The molecule has 3 N–H and O–H groups in total. The van der Waals surface area contributed by atoms with Crippen LogP contribution in [0.4, 0.5) is 0 Å². The van der Waals surface area contributed by atoms with Crippen LogP contribution < -0.4 is 10.8 Å². The first kappa shape index (κ1) is 19.8. The molecule has 5 heteroatoms. The fraction of sp³-hybridized carbons (Fsp3) is 0.304. The van der Waals surface area contributed by atoms with E-state index >= 15 is 0 Å². The van der Waals surface area contributed by atoms with E-state index in [1.807, 2.05) is 24.3 Å². The highest BCUT2D eigenvalue weighted by Gasteiger charge is 2.22. The topological polar surface area (TPSA) is 78.4 Å². The number of hydrogen-bond acceptors (Lipinski definition) is 3. The lowest BCUT2D eigenvalue weighted by Gasteiger charge is -2.22. The van der Waals surface area contributed by atoms with Gasteiger partial charge in [0.2, 0.25) is 11.8 Å². The highest BCUT2D eigenvalue weighted by molar-refractivity contribution is 5.80. The Morgan fingerprint density at radius 1 is 0.750 bits per heavy atom. The van der Waals surface area contributed by atoms with E-state index in [0.717, 1.165) is 41.5 Å². The van der Waals surface area contributed by atoms with Crippen LogP contribution in [0.1, 0.15) is 66.8 Å². The Labute approximate surface area is 165 Å². The highest BCUT2D eigenvalue weighted by atomic mass is 16.5. The van der Waals surface area contributed by atoms with Crippen molar-refractivity contribution in [2.45, 2.75) is 44.6 Å². The van der Waals surface area contributed by atoms with Crippen LogP contribution in [0.5, 0.6) is 0 Å². The van der Waals surface area contributed by atoms with Crippen molar-refractivity contribution in [2.24, 2.45) is 0 Å². The second-order valence-corrected chi connectivity index (χ2v) is 7.04. The maximum atomic E-state index is 12.6. The fourth-order valence-electron chi connectivity index (χ4n) is 3.57. The quantitative estimate of drug-likeness (QED) is 0.366. The second-order valence-electron chi connectivity index (χ2n) is 7.04. The van der Waals surface area contributed by atoms with Gasteiger partial charge in [0.1, 0.15) is 0 Å². The molecule has 146 valence electrons. The molecule has 0 unspecified atom stereocenters. The van der Waals surface area contributed by atoms with Crippen LogP contribution in [0.3, 0.4) is 0 Å². The van der Waals surface area contributed by atoms with Crippen LogP contribution in [0.25, 0.3) is 12.2 Å². The van der Waals surface area contributed by atoms with E-state index in [1.165, 1.54) is 0 Å². The fourth-order valence-corrected chi connectivity index (χ4v) is 3.57. The Kier molecular flexibility index (Phi) is 6.98. The number of nitrogens with one attached hydrogen (secondary N) is 2. The number of carbonyl (C=O) groups excluding carboxylic acids is 2. The minimum absolute atomic E-state index is 0.0320. The summed E-state index contributed by atoms with van der Waals surface area (Å²) in [5.41, 5.74) is 6.07. The van der Waals surface area contributed by atoms with Gasteiger partial charge in [0.05, 0.1) is 6.04 Å². The first-order valence-electron chi connectivity index (χ1n) is 9.77. The van der Waals surface area contributed by atoms with Crippen molar-refractivity contribution >= 4 is 24.0 Å². The molecule has 5 nitrogen and oxygen atoms in total. The summed E-state index contributed by atoms with van der Waals surface area (Å²) in [6.07, 6.45) is 8.20. The standard InChI is InChI=1S/C23H26N2O3/c26-21(13-3-1-2-4-14-22(27)25-28)24-23-19-11-7-5-9-17(19)15-16-18-10-6-8-12-20(18)23/h5-12,15-16,23,28H,1-4,13-14H2,(H,24,26)(H,25,27). The number of benzene rings is 2. The predicted octanol–water partition coefficient (Wildman–Crippen LogP) is 4.22. The zero-order chi connectivity index (χ0) is 19.8. The average Bonchev–Trinajstić information content (AvgIpc) is 2.88. The Morgan fingerprint density at radius 3 is 1.79 bits per heavy atom. The summed E-state index contributed by atoms with van der Waals surface area (Å²) in [6.45, 7) is 0. The van der Waals surface area contributed by atoms with Gasteiger partial charge >= 0.3 is 0 Å². The molecular weight excluding hydrogens is 352 g/mol. The van der Waals surface area contributed by atoms with Gasteiger partial charge in [0.15, 0.2) is 0 Å². The molecule has 0 saturated carbocycles. The minimum atomic E-state index is -0.364. The summed E-state index contributed by atoms with van der Waals surface area (Å²) in [5, 5.41) is 11.7. The minimum Gasteiger partial charge on any atom is -0.345 e. The first-order chi connectivity index (χ1) is 13.7. The normalized spacial score (nSPS) is 12.6. The molecule has 0 heterocycles. The molecule has 3 rings (SSSR count). The largest absolute Gasteiger partial charge is 0.345 e. The summed E-state index contributed by atoms with van der Waals surface area (Å²) in [4.78, 5) is 23.6. The summed E-state index contributed by atoms with van der Waals surface area (Å²) in [6, 6.07) is 16.1. The number of rotatable bonds is 8. The molecule has 2 amide bonds. The lowest BCUT2D eigenvalue weighted by Crippen LogP contribution is -2.29. The van der Waals surface area contributed by atoms with Crippen LogP contribution >= 0.6 is 0 Å². The Bertz CT molecular complexity index is 811. The molecule has 0 saturated heterocycles. The third-order valence-electron chi connectivity index (χ3n) is 5.04. The third-order valence-corrected chi connectivity index (χ3v) is 5.04. The number of carbonyl (C=O) groups is 2. The molecule has 0 spiro atoms. The SMILES string of the molecule is O=C(CCCCCCC(=O)NC1c2ccccc2C=Cc2ccccc21)NO. The van der Waals surface area contributed by atoms with Crippen LogP contribution in [0, 0.1) is 0 Å². The lowest BCUT2D eigenvalue weighted by atomic mass is 9.94. The lowest BCUT2D eigenvalue weighted by molar-refractivity contribution is -0.129. The molecule has 0 bridgehead atoms. The third kappa shape index (κ3) is 5.08. The van der Waals surface area contributed by atoms with E-state index in [1.54, 1.807) is 5.48 Å². The Morgan fingerprint density at radius 2 is 1.25 bits per heavy atom. The van der Waals surface area contributed by atoms with Gasteiger partial charge in [0, 0.05) is 12.8 Å². The van der Waals surface area contributed by atoms with E-state index in [0.29, 0.717) is 19.3 Å². The van der Waals surface area contributed by atoms with Crippen molar-refractivity contribution in [1.29, 1.82) is 0 Å². The maximum Gasteiger partial charge on any atom is 0.243 e. The van der Waals surface area contributed by atoms with Crippen molar-refractivity contribution < 1.29 is 14.8 Å². The molecule has 0 aromatic heterocycles. The predicted molar refractivity (Wildman–Crippen MR) is 109 cm³/mol. The second kappa shape index (κ2) is 9.85. The van der Waals surface area contributed by atoms with Gasteiger partial charge in [-0.2, -0.15) is 0 Å². The average molecular weight is 378 g/mol. The summed E-state index contributed by atoms with van der Waals surface area (Å²) < 4.78 is 0. The van der Waals surface area contributed by atoms with Crippen molar-refractivity contribution in [1.82, 2.24) is 10.8 Å². The van der Waals surface area contributed by atoms with Crippen molar-refractivity contribution in [3.8, 4) is 0 Å². The molecule has 0 atom stereocenters. The van der Waals surface area contributed by atoms with Gasteiger partial charge in [-0.1, -0.05) is 73.5 Å². The summed E-state index contributed by atoms with van der Waals surface area (Å²) in [5.74, 6) is -0.332. The van der Waals surface area contributed by atoms with Gasteiger partial charge < -0.3 is 5.32 Å². The molecule has 0 aliphatic heterocycles. The van der Waals surface area contributed by atoms with Crippen LogP contribution in [-0.4, -0.2) is 17.0 Å². The Balaban J connectivity index is 1.60. The molecule has 0 fully saturated rings. The molecule has 1 aliphatic carbocycles. The molecule has 0 radical (unpaired) electrons. The number of amides is 2. The van der Waals surface area contributed by atoms with E-state index in [9.17, 15) is 9.59 Å². The zero-order valence-electron chi connectivity index (χ0n) is 15.9. The van der Waals surface area contributed by atoms with E-state index in [-0.39, 0.29) is 17.9 Å². The van der Waals surface area contributed by atoms with Gasteiger partial charge in [0.25, 0.3) is 0 Å². The van der Waals surface area contributed by atoms with E-state index in [2.05, 4.69) is 41.7 Å². The van der Waals surface area contributed by atoms with Gasteiger partial charge in [-0.15, -0.1) is 0 Å². The number of hydrogen-bond donors (Lipinski definition) is 3. The van der Waals surface area contributed by atoms with Crippen molar-refractivity contribution in [3.63, 3.8) is 0 Å². The zero-order valence-corrected chi connectivity index (χ0v) is 15.9. The van der Waals surface area contributed by atoms with Gasteiger partial charge in [-0.05, 0) is 35.1 Å². The smallest absolute Gasteiger partial charge is 0.243 e. The van der Waals surface area contributed by atoms with Gasteiger partial charge in [-0.25, -0.2) is 5.48 Å². The first-order valence-corrected chi connectivity index (χ1v) is 9.77. The van der Waals surface area contributed by atoms with Crippen molar-refractivity contribution in [2.75, 3.05) is 0 Å². The summed E-state index contributed by atoms with van der Waals surface area (Å²) >= 11 is 0.